The van der Waals surface area contributed by atoms with Crippen LogP contribution in [0, 0.1) is 29.2 Å². The minimum absolute atomic E-state index is 0.0154. The van der Waals surface area contributed by atoms with Crippen LogP contribution in [0.2, 0.25) is 0 Å². The summed E-state index contributed by atoms with van der Waals surface area (Å²) in [6.07, 6.45) is -0.0154. The monoisotopic (exact) mass is 252 g/mol. The molecule has 0 bridgehead atoms. The van der Waals surface area contributed by atoms with E-state index in [9.17, 15) is 0 Å². The first-order valence-corrected chi connectivity index (χ1v) is 5.62. The summed E-state index contributed by atoms with van der Waals surface area (Å²) < 4.78 is 5.31. The van der Waals surface area contributed by atoms with Crippen LogP contribution in [0.3, 0.4) is 0 Å². The molecular formula is C14H12N4O. The second kappa shape index (κ2) is 7.37. The predicted octanol–water partition coefficient (Wildman–Crippen LogP) is 3.07. The van der Waals surface area contributed by atoms with E-state index in [0.29, 0.717) is 18.0 Å². The van der Waals surface area contributed by atoms with E-state index in [1.165, 1.54) is 0 Å². The Morgan fingerprint density at radius 1 is 1.37 bits per heavy atom. The van der Waals surface area contributed by atoms with Gasteiger partial charge in [-0.2, -0.15) is 5.26 Å². The van der Waals surface area contributed by atoms with Gasteiger partial charge in [0.1, 0.15) is 5.75 Å². The molecule has 1 rings (SSSR count). The van der Waals surface area contributed by atoms with E-state index in [4.69, 9.17) is 21.8 Å². The molecule has 0 spiro atoms. The zero-order valence-corrected chi connectivity index (χ0v) is 10.5. The van der Waals surface area contributed by atoms with Gasteiger partial charge >= 0.3 is 0 Å². The van der Waals surface area contributed by atoms with Gasteiger partial charge in [-0.25, -0.2) is 10.1 Å². The molecule has 0 aliphatic carbocycles. The lowest BCUT2D eigenvalue weighted by atomic mass is 10.2. The second-order valence-corrected chi connectivity index (χ2v) is 3.47. The first kappa shape index (κ1) is 14.1. The number of ether oxygens (including phenoxy) is 1. The molecule has 0 aliphatic heterocycles. The smallest absolute Gasteiger partial charge is 0.281 e. The van der Waals surface area contributed by atoms with Crippen LogP contribution in [-0.4, -0.2) is 6.61 Å². The number of nitrogens with zero attached hydrogens (tertiary/aromatic N) is 3. The number of nitrogens with one attached hydrogen (secondary N) is 1. The van der Waals surface area contributed by atoms with Gasteiger partial charge in [0.25, 0.3) is 5.70 Å². The van der Waals surface area contributed by atoms with E-state index < -0.39 is 0 Å². The summed E-state index contributed by atoms with van der Waals surface area (Å²) in [5.41, 5.74) is 0.907. The molecule has 0 heterocycles. The van der Waals surface area contributed by atoms with Gasteiger partial charge in [-0.1, -0.05) is 0 Å². The van der Waals surface area contributed by atoms with Gasteiger partial charge in [-0.05, 0) is 31.2 Å². The van der Waals surface area contributed by atoms with Gasteiger partial charge < -0.3 is 10.1 Å². The molecule has 0 radical (unpaired) electrons. The molecule has 0 fully saturated rings. The van der Waals surface area contributed by atoms with Crippen molar-refractivity contribution in [1.29, 1.82) is 10.5 Å². The predicted molar refractivity (Wildman–Crippen MR) is 70.7 cm³/mol. The van der Waals surface area contributed by atoms with Crippen molar-refractivity contribution in [2.45, 2.75) is 13.3 Å². The number of benzene rings is 1. The maximum atomic E-state index is 8.82. The molecule has 0 saturated heterocycles. The maximum absolute atomic E-state index is 8.82. The van der Waals surface area contributed by atoms with Gasteiger partial charge in [0.2, 0.25) is 0 Å². The van der Waals surface area contributed by atoms with Crippen molar-refractivity contribution < 1.29 is 4.74 Å². The molecule has 1 aromatic carbocycles. The Morgan fingerprint density at radius 3 is 2.53 bits per heavy atom. The Kier molecular flexibility index (Phi) is 5.47. The summed E-state index contributed by atoms with van der Waals surface area (Å²) in [5, 5.41) is 20.5. The third-order valence-electron chi connectivity index (χ3n) is 2.22. The maximum Gasteiger partial charge on any atom is 0.281 e. The Balaban J connectivity index is 2.93. The fraction of sp³-hybridized carbons (Fsp3) is 0.214. The van der Waals surface area contributed by atoms with Crippen LogP contribution in [-0.2, 0) is 0 Å². The molecule has 94 valence electrons. The van der Waals surface area contributed by atoms with Crippen molar-refractivity contribution in [2.24, 2.45) is 0 Å². The van der Waals surface area contributed by atoms with E-state index in [1.54, 1.807) is 30.3 Å². The average molecular weight is 252 g/mol. The highest BCUT2D eigenvalue weighted by Crippen LogP contribution is 2.19. The van der Waals surface area contributed by atoms with Crippen LogP contribution in [0.25, 0.3) is 4.85 Å². The van der Waals surface area contributed by atoms with Crippen molar-refractivity contribution in [3.63, 3.8) is 0 Å². The van der Waals surface area contributed by atoms with Crippen molar-refractivity contribution in [3.8, 4) is 17.9 Å². The number of hydrogen-bond donors (Lipinski definition) is 1. The van der Waals surface area contributed by atoms with E-state index in [1.807, 2.05) is 13.0 Å². The van der Waals surface area contributed by atoms with E-state index in [-0.39, 0.29) is 12.1 Å². The van der Waals surface area contributed by atoms with Crippen LogP contribution < -0.4 is 10.1 Å². The molecule has 0 atom stereocenters. The van der Waals surface area contributed by atoms with E-state index >= 15 is 0 Å². The molecular weight excluding hydrogens is 240 g/mol. The molecule has 19 heavy (non-hydrogen) atoms. The Bertz CT molecular complexity index is 566. The molecule has 5 nitrogen and oxygen atoms in total. The topological polar surface area (TPSA) is 73.2 Å². The summed E-state index contributed by atoms with van der Waals surface area (Å²) >= 11 is 0. The van der Waals surface area contributed by atoms with Crippen LogP contribution in [0.15, 0.2) is 35.7 Å². The fourth-order valence-electron chi connectivity index (χ4n) is 1.40. The van der Waals surface area contributed by atoms with E-state index in [0.717, 1.165) is 5.75 Å². The van der Waals surface area contributed by atoms with Gasteiger partial charge in [-0.3, -0.25) is 0 Å². The Hall–Kier alpha value is -2.97. The molecule has 0 aliphatic rings. The first-order chi connectivity index (χ1) is 9.24. The number of hydrogen-bond acceptors (Lipinski definition) is 4. The lowest BCUT2D eigenvalue weighted by molar-refractivity contribution is 0.340. The lowest BCUT2D eigenvalue weighted by Gasteiger charge is -2.09. The molecule has 0 aromatic heterocycles. The van der Waals surface area contributed by atoms with Crippen molar-refractivity contribution >= 4 is 5.69 Å². The molecule has 0 saturated carbocycles. The number of anilines is 1. The lowest BCUT2D eigenvalue weighted by Crippen LogP contribution is -2.01. The Labute approximate surface area is 112 Å². The second-order valence-electron chi connectivity index (χ2n) is 3.47. The number of rotatable bonds is 5. The number of nitriles is 2. The highest BCUT2D eigenvalue weighted by atomic mass is 16.5. The molecule has 1 aromatic rings. The zero-order chi connectivity index (χ0) is 14.1. The molecule has 5 heteroatoms. The molecule has 0 unspecified atom stereocenters. The van der Waals surface area contributed by atoms with Crippen molar-refractivity contribution in [3.05, 3.63) is 47.1 Å². The van der Waals surface area contributed by atoms with Crippen molar-refractivity contribution in [2.75, 3.05) is 11.9 Å². The summed E-state index contributed by atoms with van der Waals surface area (Å²) in [5.74, 6) is 0.740. The van der Waals surface area contributed by atoms with Crippen LogP contribution in [0.4, 0.5) is 5.69 Å². The largest absolute Gasteiger partial charge is 0.494 e. The third kappa shape index (κ3) is 4.07. The molecule has 0 amide bonds. The van der Waals surface area contributed by atoms with E-state index in [2.05, 4.69) is 10.2 Å². The highest BCUT2D eigenvalue weighted by molar-refractivity contribution is 5.54. The van der Waals surface area contributed by atoms with Gasteiger partial charge in [0.15, 0.2) is 0 Å². The van der Waals surface area contributed by atoms with Crippen LogP contribution in [0.5, 0.6) is 5.75 Å². The van der Waals surface area contributed by atoms with Gasteiger partial charge in [-0.15, -0.1) is 0 Å². The fourth-order valence-corrected chi connectivity index (χ4v) is 1.40. The quantitative estimate of drug-likeness (QED) is 0.645. The third-order valence-corrected chi connectivity index (χ3v) is 2.22. The summed E-state index contributed by atoms with van der Waals surface area (Å²) in [6, 6.07) is 10.8. The summed E-state index contributed by atoms with van der Waals surface area (Å²) in [7, 11) is 0. The summed E-state index contributed by atoms with van der Waals surface area (Å²) in [4.78, 5) is 3.10. The number of allylic oxidation sites excluding steroid dienone is 2. The first-order valence-electron chi connectivity index (χ1n) is 5.62. The van der Waals surface area contributed by atoms with Gasteiger partial charge in [0, 0.05) is 11.4 Å². The standard InChI is InChI=1S/C14H12N4O/c1-3-19-12-6-4-11(5-7-12)18-13(8-9-15)14(10-16)17-2/h4-7,18H,3,8H2,1H3/b14-13+. The zero-order valence-electron chi connectivity index (χ0n) is 10.5. The van der Waals surface area contributed by atoms with Crippen LogP contribution >= 0.6 is 0 Å². The molecule has 1 N–H and O–H groups in total. The SMILES string of the molecule is [C-]#[N+]/C(C#N)=C(\CC#N)Nc1ccc(OCC)cc1. The minimum atomic E-state index is -0.101. The average Bonchev–Trinajstić information content (AvgIpc) is 2.43. The highest BCUT2D eigenvalue weighted by Gasteiger charge is 2.06. The van der Waals surface area contributed by atoms with Crippen LogP contribution in [0.1, 0.15) is 13.3 Å². The van der Waals surface area contributed by atoms with Gasteiger partial charge in [0.05, 0.1) is 31.7 Å². The Morgan fingerprint density at radius 2 is 2.05 bits per heavy atom. The normalized spacial score (nSPS) is 10.4. The minimum Gasteiger partial charge on any atom is -0.494 e. The summed E-state index contributed by atoms with van der Waals surface area (Å²) in [6.45, 7) is 9.38. The van der Waals surface area contributed by atoms with Crippen molar-refractivity contribution in [1.82, 2.24) is 0 Å².